The molecule has 2 atom stereocenters. The van der Waals surface area contributed by atoms with E-state index < -0.39 is 0 Å². The first-order chi connectivity index (χ1) is 9.67. The Labute approximate surface area is 119 Å². The van der Waals surface area contributed by atoms with E-state index in [1.807, 2.05) is 11.9 Å². The molecule has 0 radical (unpaired) electrons. The molecule has 2 saturated heterocycles. The lowest BCUT2D eigenvalue weighted by Gasteiger charge is -2.28. The highest BCUT2D eigenvalue weighted by Crippen LogP contribution is 2.27. The highest BCUT2D eigenvalue weighted by atomic mass is 16.2. The van der Waals surface area contributed by atoms with Gasteiger partial charge in [-0.05, 0) is 12.8 Å². The number of likely N-dealkylation sites (N-methyl/N-ethyl adjacent to an activating group) is 1. The van der Waals surface area contributed by atoms with Crippen molar-refractivity contribution >= 4 is 5.91 Å². The molecule has 2 aliphatic rings. The summed E-state index contributed by atoms with van der Waals surface area (Å²) in [5, 5.41) is 7.20. The van der Waals surface area contributed by atoms with Gasteiger partial charge in [0.1, 0.15) is 11.6 Å². The maximum atomic E-state index is 12.3. The minimum absolute atomic E-state index is 0.154. The maximum absolute atomic E-state index is 12.3. The molecule has 1 aromatic heterocycles. The number of carbonyl (C=O) groups is 1. The van der Waals surface area contributed by atoms with E-state index in [0.29, 0.717) is 11.9 Å². The summed E-state index contributed by atoms with van der Waals surface area (Å²) in [6, 6.07) is 0.351. The van der Waals surface area contributed by atoms with Crippen molar-refractivity contribution in [2.24, 2.45) is 5.92 Å². The summed E-state index contributed by atoms with van der Waals surface area (Å²) in [6.45, 7) is 4.61. The van der Waals surface area contributed by atoms with Crippen LogP contribution in [-0.2, 0) is 17.8 Å². The molecule has 20 heavy (non-hydrogen) atoms. The minimum atomic E-state index is 0.154. The van der Waals surface area contributed by atoms with Gasteiger partial charge in [0.05, 0.1) is 12.5 Å². The number of aryl methyl sites for hydroxylation is 1. The fourth-order valence-electron chi connectivity index (χ4n) is 3.36. The first kappa shape index (κ1) is 13.5. The number of nitrogens with one attached hydrogen (secondary N) is 1. The van der Waals surface area contributed by atoms with Crippen molar-refractivity contribution in [3.05, 3.63) is 11.6 Å². The molecule has 0 aromatic carbocycles. The number of likely N-dealkylation sites (tertiary alicyclic amines) is 1. The van der Waals surface area contributed by atoms with E-state index in [4.69, 9.17) is 0 Å². The molecule has 3 rings (SSSR count). The van der Waals surface area contributed by atoms with Gasteiger partial charge in [-0.1, -0.05) is 13.3 Å². The number of aromatic amines is 1. The first-order valence-electron chi connectivity index (χ1n) is 7.56. The molecule has 110 valence electrons. The van der Waals surface area contributed by atoms with E-state index in [1.54, 1.807) is 0 Å². The van der Waals surface area contributed by atoms with Gasteiger partial charge in [-0.15, -0.1) is 0 Å². The topological polar surface area (TPSA) is 65.1 Å². The van der Waals surface area contributed by atoms with Crippen LogP contribution in [0.2, 0.25) is 0 Å². The zero-order valence-electron chi connectivity index (χ0n) is 12.3. The highest BCUT2D eigenvalue weighted by Gasteiger charge is 2.36. The van der Waals surface area contributed by atoms with Gasteiger partial charge in [0.15, 0.2) is 0 Å². The number of rotatable bonds is 3. The van der Waals surface area contributed by atoms with Crippen LogP contribution in [-0.4, -0.2) is 57.1 Å². The van der Waals surface area contributed by atoms with Crippen LogP contribution >= 0.6 is 0 Å². The van der Waals surface area contributed by atoms with Crippen molar-refractivity contribution in [2.45, 2.75) is 45.2 Å². The van der Waals surface area contributed by atoms with Gasteiger partial charge in [0.2, 0.25) is 5.91 Å². The lowest BCUT2D eigenvalue weighted by atomic mass is 9.99. The van der Waals surface area contributed by atoms with Gasteiger partial charge in [-0.25, -0.2) is 4.98 Å². The number of hydrogen-bond donors (Lipinski definition) is 1. The Morgan fingerprint density at radius 1 is 1.35 bits per heavy atom. The van der Waals surface area contributed by atoms with Crippen molar-refractivity contribution in [3.63, 3.8) is 0 Å². The quantitative estimate of drug-likeness (QED) is 0.888. The van der Waals surface area contributed by atoms with Crippen molar-refractivity contribution in [2.75, 3.05) is 20.1 Å². The van der Waals surface area contributed by atoms with Crippen molar-refractivity contribution in [3.8, 4) is 0 Å². The van der Waals surface area contributed by atoms with Crippen LogP contribution in [0.15, 0.2) is 0 Å². The van der Waals surface area contributed by atoms with Crippen LogP contribution in [0.3, 0.4) is 0 Å². The fraction of sp³-hybridized carbons (Fsp3) is 0.786. The molecule has 1 aromatic rings. The monoisotopic (exact) mass is 277 g/mol. The second-order valence-corrected chi connectivity index (χ2v) is 5.98. The summed E-state index contributed by atoms with van der Waals surface area (Å²) in [6.07, 6.45) is 4.16. The van der Waals surface area contributed by atoms with Crippen molar-refractivity contribution in [1.29, 1.82) is 0 Å². The standard InChI is InChI=1S/C14H23N5O/c1-3-12-15-13(17-16-12)9-19-7-10-5-4-6-11(8-19)18(2)14(10)20/h10-11H,3-9H2,1-2H3,(H,15,16,17)/t10-,11+/m1/s1. The Morgan fingerprint density at radius 2 is 2.20 bits per heavy atom. The van der Waals surface area contributed by atoms with Crippen LogP contribution in [0.4, 0.5) is 0 Å². The normalized spacial score (nSPS) is 27.7. The zero-order chi connectivity index (χ0) is 14.1. The minimum Gasteiger partial charge on any atom is -0.341 e. The number of carbonyl (C=O) groups excluding carboxylic acids is 1. The Balaban J connectivity index is 1.73. The predicted octanol–water partition coefficient (Wildman–Crippen LogP) is 0.810. The number of aromatic nitrogens is 3. The van der Waals surface area contributed by atoms with Gasteiger partial charge in [0, 0.05) is 32.6 Å². The van der Waals surface area contributed by atoms with Gasteiger partial charge in [0.25, 0.3) is 0 Å². The largest absolute Gasteiger partial charge is 0.341 e. The van der Waals surface area contributed by atoms with E-state index in [1.165, 1.54) is 6.42 Å². The van der Waals surface area contributed by atoms with Crippen molar-refractivity contribution in [1.82, 2.24) is 25.0 Å². The number of amides is 1. The molecule has 1 amide bonds. The Kier molecular flexibility index (Phi) is 3.74. The van der Waals surface area contributed by atoms with Crippen LogP contribution in [0, 0.1) is 5.92 Å². The molecular formula is C14H23N5O. The summed E-state index contributed by atoms with van der Waals surface area (Å²) in [5.41, 5.74) is 0. The summed E-state index contributed by atoms with van der Waals surface area (Å²) >= 11 is 0. The molecule has 2 fully saturated rings. The number of nitrogens with zero attached hydrogens (tertiary/aromatic N) is 4. The Morgan fingerprint density at radius 3 is 2.95 bits per heavy atom. The first-order valence-corrected chi connectivity index (χ1v) is 7.56. The van der Waals surface area contributed by atoms with Crippen LogP contribution in [0.25, 0.3) is 0 Å². The van der Waals surface area contributed by atoms with E-state index in [2.05, 4.69) is 27.0 Å². The molecule has 1 N–H and O–H groups in total. The SMILES string of the molecule is CCc1n[nH]c(CN2C[C@H]3CCC[C@@H](C2)N(C)C3=O)n1. The molecule has 0 aliphatic carbocycles. The molecule has 0 saturated carbocycles. The summed E-state index contributed by atoms with van der Waals surface area (Å²) in [7, 11) is 1.96. The van der Waals surface area contributed by atoms with E-state index in [9.17, 15) is 4.79 Å². The lowest BCUT2D eigenvalue weighted by molar-refractivity contribution is -0.134. The fourth-order valence-corrected chi connectivity index (χ4v) is 3.36. The van der Waals surface area contributed by atoms with E-state index in [-0.39, 0.29) is 5.92 Å². The smallest absolute Gasteiger partial charge is 0.227 e. The Bertz CT molecular complexity index is 486. The van der Waals surface area contributed by atoms with Gasteiger partial charge < -0.3 is 4.90 Å². The molecule has 0 spiro atoms. The lowest BCUT2D eigenvalue weighted by Crippen LogP contribution is -2.40. The number of hydrogen-bond acceptors (Lipinski definition) is 4. The molecule has 2 bridgehead atoms. The summed E-state index contributed by atoms with van der Waals surface area (Å²) in [5.74, 6) is 2.25. The van der Waals surface area contributed by atoms with Crippen LogP contribution in [0.5, 0.6) is 0 Å². The molecular weight excluding hydrogens is 254 g/mol. The second-order valence-electron chi connectivity index (χ2n) is 5.98. The second kappa shape index (κ2) is 5.52. The van der Waals surface area contributed by atoms with E-state index in [0.717, 1.165) is 50.5 Å². The zero-order valence-corrected chi connectivity index (χ0v) is 12.3. The molecule has 6 heteroatoms. The highest BCUT2D eigenvalue weighted by molar-refractivity contribution is 5.79. The molecule has 2 aliphatic heterocycles. The third-order valence-electron chi connectivity index (χ3n) is 4.55. The van der Waals surface area contributed by atoms with Crippen molar-refractivity contribution < 1.29 is 4.79 Å². The maximum Gasteiger partial charge on any atom is 0.227 e. The number of H-pyrrole nitrogens is 1. The van der Waals surface area contributed by atoms with Crippen LogP contribution < -0.4 is 0 Å². The molecule has 0 unspecified atom stereocenters. The third-order valence-corrected chi connectivity index (χ3v) is 4.55. The average molecular weight is 277 g/mol. The number of fused-ring (bicyclic) bond motifs is 3. The predicted molar refractivity (Wildman–Crippen MR) is 74.9 cm³/mol. The average Bonchev–Trinajstić information content (AvgIpc) is 2.79. The van der Waals surface area contributed by atoms with E-state index >= 15 is 0 Å². The van der Waals surface area contributed by atoms with Gasteiger partial charge >= 0.3 is 0 Å². The molecule has 6 nitrogen and oxygen atoms in total. The Hall–Kier alpha value is -1.43. The summed E-state index contributed by atoms with van der Waals surface area (Å²) in [4.78, 5) is 21.1. The molecule has 3 heterocycles. The third kappa shape index (κ3) is 2.57. The van der Waals surface area contributed by atoms with Gasteiger partial charge in [-0.3, -0.25) is 14.8 Å². The van der Waals surface area contributed by atoms with Crippen LogP contribution in [0.1, 0.15) is 37.8 Å². The summed E-state index contributed by atoms with van der Waals surface area (Å²) < 4.78 is 0. The van der Waals surface area contributed by atoms with Gasteiger partial charge in [-0.2, -0.15) is 5.10 Å².